The van der Waals surface area contributed by atoms with E-state index in [0.29, 0.717) is 11.7 Å². The minimum atomic E-state index is -0.0915. The largest absolute Gasteiger partial charge is 0.507 e. The highest BCUT2D eigenvalue weighted by molar-refractivity contribution is 5.46. The minimum absolute atomic E-state index is 0.0915. The number of aromatic hydroxyl groups is 1. The van der Waals surface area contributed by atoms with Crippen molar-refractivity contribution in [3.05, 3.63) is 23.8 Å². The van der Waals surface area contributed by atoms with Crippen molar-refractivity contribution in [3.63, 3.8) is 0 Å². The van der Waals surface area contributed by atoms with Gasteiger partial charge in [-0.25, -0.2) is 0 Å². The van der Waals surface area contributed by atoms with Crippen LogP contribution in [0.3, 0.4) is 0 Å². The summed E-state index contributed by atoms with van der Waals surface area (Å²) >= 11 is 0. The zero-order valence-electron chi connectivity index (χ0n) is 8.23. The highest BCUT2D eigenvalue weighted by atomic mass is 16.5. The fraction of sp³-hybridized carbons (Fsp3) is 0.455. The van der Waals surface area contributed by atoms with Gasteiger partial charge in [-0.15, -0.1) is 0 Å². The van der Waals surface area contributed by atoms with E-state index >= 15 is 0 Å². The summed E-state index contributed by atoms with van der Waals surface area (Å²) in [6.45, 7) is 0. The number of nitrogens with two attached hydrogens (primary N) is 1. The lowest BCUT2D eigenvalue weighted by Gasteiger charge is -2.16. The van der Waals surface area contributed by atoms with Gasteiger partial charge >= 0.3 is 0 Å². The summed E-state index contributed by atoms with van der Waals surface area (Å²) in [4.78, 5) is 0. The van der Waals surface area contributed by atoms with Crippen LogP contribution in [0.4, 0.5) is 0 Å². The molecule has 1 unspecified atom stereocenters. The number of phenolic OH excluding ortho intramolecular Hbond substituents is 1. The summed E-state index contributed by atoms with van der Waals surface area (Å²) in [6.07, 6.45) is 2.30. The molecule has 1 saturated carbocycles. The molecular weight excluding hydrogens is 178 g/mol. The van der Waals surface area contributed by atoms with E-state index in [9.17, 15) is 5.11 Å². The molecule has 1 aromatic rings. The maximum absolute atomic E-state index is 9.71. The van der Waals surface area contributed by atoms with Crippen molar-refractivity contribution in [1.29, 1.82) is 0 Å². The lowest BCUT2D eigenvalue weighted by atomic mass is 10.0. The van der Waals surface area contributed by atoms with E-state index in [0.717, 1.165) is 18.4 Å². The van der Waals surface area contributed by atoms with Gasteiger partial charge in [0.2, 0.25) is 0 Å². The highest BCUT2D eigenvalue weighted by Crippen LogP contribution is 2.44. The van der Waals surface area contributed by atoms with Gasteiger partial charge < -0.3 is 15.6 Å². The maximum atomic E-state index is 9.71. The monoisotopic (exact) mass is 193 g/mol. The van der Waals surface area contributed by atoms with Crippen LogP contribution < -0.4 is 10.5 Å². The molecule has 14 heavy (non-hydrogen) atoms. The first-order chi connectivity index (χ1) is 6.74. The van der Waals surface area contributed by atoms with Crippen LogP contribution in [0, 0.1) is 5.92 Å². The molecule has 1 atom stereocenters. The zero-order chi connectivity index (χ0) is 10.1. The Bertz CT molecular complexity index is 334. The molecule has 1 aliphatic carbocycles. The number of rotatable bonds is 3. The van der Waals surface area contributed by atoms with Crippen molar-refractivity contribution in [2.75, 3.05) is 7.11 Å². The summed E-state index contributed by atoms with van der Waals surface area (Å²) in [5.41, 5.74) is 6.79. The minimum Gasteiger partial charge on any atom is -0.507 e. The molecule has 0 amide bonds. The number of hydrogen-bond acceptors (Lipinski definition) is 3. The summed E-state index contributed by atoms with van der Waals surface area (Å²) in [6, 6.07) is 5.15. The van der Waals surface area contributed by atoms with Crippen molar-refractivity contribution in [2.45, 2.75) is 18.9 Å². The number of phenols is 1. The average Bonchev–Trinajstić information content (AvgIpc) is 2.99. The predicted octanol–water partition coefficient (Wildman–Crippen LogP) is 1.81. The first-order valence-electron chi connectivity index (χ1n) is 4.85. The molecule has 2 rings (SSSR count). The van der Waals surface area contributed by atoms with Gasteiger partial charge in [0, 0.05) is 6.04 Å². The van der Waals surface area contributed by atoms with Crippen molar-refractivity contribution in [1.82, 2.24) is 0 Å². The maximum Gasteiger partial charge on any atom is 0.127 e. The Hall–Kier alpha value is -1.22. The second-order valence-corrected chi connectivity index (χ2v) is 3.76. The first-order valence-corrected chi connectivity index (χ1v) is 4.85. The van der Waals surface area contributed by atoms with Crippen molar-refractivity contribution >= 4 is 0 Å². The van der Waals surface area contributed by atoms with E-state index in [1.54, 1.807) is 19.2 Å². The third-order valence-corrected chi connectivity index (χ3v) is 2.73. The topological polar surface area (TPSA) is 55.5 Å². The molecule has 76 valence electrons. The number of hydrogen-bond donors (Lipinski definition) is 2. The number of ether oxygens (including phenoxy) is 1. The van der Waals surface area contributed by atoms with Gasteiger partial charge in [-0.3, -0.25) is 0 Å². The molecular formula is C11H15NO2. The van der Waals surface area contributed by atoms with Gasteiger partial charge in [0.15, 0.2) is 0 Å². The second-order valence-electron chi connectivity index (χ2n) is 3.76. The third-order valence-electron chi connectivity index (χ3n) is 2.73. The van der Waals surface area contributed by atoms with Crippen LogP contribution in [0.5, 0.6) is 11.5 Å². The van der Waals surface area contributed by atoms with Crippen molar-refractivity contribution in [2.24, 2.45) is 11.7 Å². The Labute approximate surface area is 83.5 Å². The van der Waals surface area contributed by atoms with Crippen LogP contribution in [0.1, 0.15) is 24.4 Å². The Kier molecular flexibility index (Phi) is 2.33. The highest BCUT2D eigenvalue weighted by Gasteiger charge is 2.32. The Balaban J connectivity index is 2.37. The summed E-state index contributed by atoms with van der Waals surface area (Å²) in [5.74, 6) is 1.44. The molecule has 0 bridgehead atoms. The van der Waals surface area contributed by atoms with E-state index in [1.165, 1.54) is 0 Å². The smallest absolute Gasteiger partial charge is 0.127 e. The SMILES string of the molecule is COc1cccc(O)c1C(N)C1CC1. The quantitative estimate of drug-likeness (QED) is 0.769. The number of benzene rings is 1. The molecule has 0 radical (unpaired) electrons. The van der Waals surface area contributed by atoms with Gasteiger partial charge in [0.1, 0.15) is 11.5 Å². The molecule has 1 fully saturated rings. The van der Waals surface area contributed by atoms with Crippen LogP contribution >= 0.6 is 0 Å². The number of methoxy groups -OCH3 is 1. The van der Waals surface area contributed by atoms with Gasteiger partial charge in [-0.05, 0) is 30.9 Å². The molecule has 3 heteroatoms. The van der Waals surface area contributed by atoms with Gasteiger partial charge in [0.25, 0.3) is 0 Å². The van der Waals surface area contributed by atoms with Crippen molar-refractivity contribution in [3.8, 4) is 11.5 Å². The third kappa shape index (κ3) is 1.55. The van der Waals surface area contributed by atoms with Crippen LogP contribution in [0.15, 0.2) is 18.2 Å². The predicted molar refractivity (Wildman–Crippen MR) is 54.3 cm³/mol. The van der Waals surface area contributed by atoms with Crippen molar-refractivity contribution < 1.29 is 9.84 Å². The van der Waals surface area contributed by atoms with Crippen LogP contribution in [-0.4, -0.2) is 12.2 Å². The van der Waals surface area contributed by atoms with E-state index in [1.807, 2.05) is 6.07 Å². The van der Waals surface area contributed by atoms with Gasteiger partial charge in [-0.1, -0.05) is 6.07 Å². The fourth-order valence-corrected chi connectivity index (χ4v) is 1.74. The lowest BCUT2D eigenvalue weighted by Crippen LogP contribution is -2.13. The van der Waals surface area contributed by atoms with E-state index in [4.69, 9.17) is 10.5 Å². The lowest BCUT2D eigenvalue weighted by molar-refractivity contribution is 0.389. The molecule has 0 spiro atoms. The molecule has 0 heterocycles. The van der Waals surface area contributed by atoms with Crippen LogP contribution in [0.25, 0.3) is 0 Å². The van der Waals surface area contributed by atoms with E-state index in [-0.39, 0.29) is 11.8 Å². The summed E-state index contributed by atoms with van der Waals surface area (Å²) < 4.78 is 5.19. The molecule has 3 N–H and O–H groups in total. The second kappa shape index (κ2) is 3.50. The standard InChI is InChI=1S/C11H15NO2/c1-14-9-4-2-3-8(13)10(9)11(12)7-5-6-7/h2-4,7,11,13H,5-6,12H2,1H3. The van der Waals surface area contributed by atoms with E-state index < -0.39 is 0 Å². The van der Waals surface area contributed by atoms with Crippen LogP contribution in [0.2, 0.25) is 0 Å². The fourth-order valence-electron chi connectivity index (χ4n) is 1.74. The Morgan fingerprint density at radius 1 is 1.50 bits per heavy atom. The summed E-state index contributed by atoms with van der Waals surface area (Å²) in [7, 11) is 1.60. The average molecular weight is 193 g/mol. The first kappa shape index (κ1) is 9.34. The Morgan fingerprint density at radius 3 is 2.79 bits per heavy atom. The molecule has 1 aromatic carbocycles. The summed E-state index contributed by atoms with van der Waals surface area (Å²) in [5, 5.41) is 9.71. The molecule has 1 aliphatic rings. The molecule has 0 aromatic heterocycles. The molecule has 0 aliphatic heterocycles. The van der Waals surface area contributed by atoms with Crippen LogP contribution in [-0.2, 0) is 0 Å². The van der Waals surface area contributed by atoms with Gasteiger partial charge in [0.05, 0.1) is 12.7 Å². The molecule has 0 saturated heterocycles. The Morgan fingerprint density at radius 2 is 2.21 bits per heavy atom. The zero-order valence-corrected chi connectivity index (χ0v) is 8.23. The normalized spacial score (nSPS) is 17.9. The molecule has 3 nitrogen and oxygen atoms in total. The van der Waals surface area contributed by atoms with E-state index in [2.05, 4.69) is 0 Å². The van der Waals surface area contributed by atoms with Gasteiger partial charge in [-0.2, -0.15) is 0 Å².